The zero-order chi connectivity index (χ0) is 10.3. The van der Waals surface area contributed by atoms with Crippen LogP contribution in [0.4, 0.5) is 0 Å². The van der Waals surface area contributed by atoms with Crippen molar-refractivity contribution in [2.75, 3.05) is 0 Å². The number of amides is 1. The third kappa shape index (κ3) is 2.01. The van der Waals surface area contributed by atoms with Crippen LogP contribution in [-0.2, 0) is 0 Å². The van der Waals surface area contributed by atoms with E-state index in [9.17, 15) is 4.79 Å². The van der Waals surface area contributed by atoms with E-state index < -0.39 is 0 Å². The highest BCUT2D eigenvalue weighted by Gasteiger charge is 2.27. The molecule has 1 aromatic rings. The fourth-order valence-corrected chi connectivity index (χ4v) is 1.67. The molecule has 78 valence electrons. The Morgan fingerprint density at radius 2 is 2.07 bits per heavy atom. The van der Waals surface area contributed by atoms with E-state index in [1.165, 1.54) is 12.8 Å². The summed E-state index contributed by atoms with van der Waals surface area (Å²) in [6, 6.07) is 6.15. The zero-order valence-electron chi connectivity index (χ0n) is 8.57. The van der Waals surface area contributed by atoms with Gasteiger partial charge >= 0.3 is 0 Å². The maximum atomic E-state index is 11.7. The van der Waals surface area contributed by atoms with Gasteiger partial charge in [0.25, 0.3) is 5.91 Å². The minimum atomic E-state index is -0.0139. The minimum Gasteiger partial charge on any atom is -0.348 e. The molecule has 2 saturated carbocycles. The summed E-state index contributed by atoms with van der Waals surface area (Å²) in [5, 5.41) is 2.96. The molecule has 1 amide bonds. The normalized spacial score (nSPS) is 20.0. The summed E-state index contributed by atoms with van der Waals surface area (Å²) >= 11 is 0. The molecule has 0 bridgehead atoms. The second-order valence-electron chi connectivity index (χ2n) is 4.47. The fourth-order valence-electron chi connectivity index (χ4n) is 1.67. The topological polar surface area (TPSA) is 42.0 Å². The smallest absolute Gasteiger partial charge is 0.270 e. The third-order valence-electron chi connectivity index (χ3n) is 2.91. The molecule has 2 aliphatic rings. The molecule has 1 aromatic heterocycles. The van der Waals surface area contributed by atoms with Crippen molar-refractivity contribution in [3.05, 3.63) is 29.6 Å². The summed E-state index contributed by atoms with van der Waals surface area (Å²) in [7, 11) is 0. The maximum Gasteiger partial charge on any atom is 0.270 e. The van der Waals surface area contributed by atoms with Crippen LogP contribution < -0.4 is 5.32 Å². The van der Waals surface area contributed by atoms with Crippen LogP contribution in [-0.4, -0.2) is 16.9 Å². The van der Waals surface area contributed by atoms with Gasteiger partial charge in [-0.05, 0) is 37.8 Å². The Morgan fingerprint density at radius 3 is 2.73 bits per heavy atom. The van der Waals surface area contributed by atoms with Crippen LogP contribution >= 0.6 is 0 Å². The first-order valence-corrected chi connectivity index (χ1v) is 5.61. The van der Waals surface area contributed by atoms with E-state index in [4.69, 9.17) is 0 Å². The molecule has 1 heterocycles. The van der Waals surface area contributed by atoms with Crippen LogP contribution in [0.2, 0.25) is 0 Å². The Kier molecular flexibility index (Phi) is 1.97. The van der Waals surface area contributed by atoms with Gasteiger partial charge in [-0.15, -0.1) is 0 Å². The van der Waals surface area contributed by atoms with E-state index in [1.54, 1.807) is 6.07 Å². The molecule has 0 unspecified atom stereocenters. The molecular weight excluding hydrogens is 188 g/mol. The highest BCUT2D eigenvalue weighted by atomic mass is 16.2. The number of nitrogens with one attached hydrogen (secondary N) is 1. The summed E-state index contributed by atoms with van der Waals surface area (Å²) in [6.07, 6.45) is 4.68. The molecule has 3 rings (SSSR count). The number of carbonyl (C=O) groups excluding carboxylic acids is 1. The lowest BCUT2D eigenvalue weighted by molar-refractivity contribution is 0.0946. The van der Waals surface area contributed by atoms with E-state index in [2.05, 4.69) is 10.3 Å². The van der Waals surface area contributed by atoms with Crippen molar-refractivity contribution in [3.8, 4) is 0 Å². The molecular formula is C12H14N2O. The summed E-state index contributed by atoms with van der Waals surface area (Å²) < 4.78 is 0. The number of rotatable bonds is 3. The maximum absolute atomic E-state index is 11.7. The minimum absolute atomic E-state index is 0.0139. The van der Waals surface area contributed by atoms with Gasteiger partial charge in [-0.25, -0.2) is 4.98 Å². The first kappa shape index (κ1) is 8.89. The molecule has 15 heavy (non-hydrogen) atoms. The number of nitrogens with zero attached hydrogens (tertiary/aromatic N) is 1. The molecule has 3 nitrogen and oxygen atoms in total. The third-order valence-corrected chi connectivity index (χ3v) is 2.91. The molecule has 2 fully saturated rings. The number of aromatic nitrogens is 1. The predicted octanol–water partition coefficient (Wildman–Crippen LogP) is 1.85. The second kappa shape index (κ2) is 3.33. The Morgan fingerprint density at radius 1 is 1.27 bits per heavy atom. The lowest BCUT2D eigenvalue weighted by atomic mass is 10.2. The molecule has 0 saturated heterocycles. The Hall–Kier alpha value is -1.38. The van der Waals surface area contributed by atoms with E-state index in [0.717, 1.165) is 18.5 Å². The van der Waals surface area contributed by atoms with E-state index in [1.807, 2.05) is 12.1 Å². The molecule has 0 aliphatic heterocycles. The first-order valence-electron chi connectivity index (χ1n) is 5.61. The van der Waals surface area contributed by atoms with Crippen molar-refractivity contribution >= 4 is 5.91 Å². The van der Waals surface area contributed by atoms with E-state index in [-0.39, 0.29) is 5.91 Å². The Balaban J connectivity index is 1.77. The van der Waals surface area contributed by atoms with Crippen molar-refractivity contribution in [3.63, 3.8) is 0 Å². The molecule has 1 N–H and O–H groups in total. The van der Waals surface area contributed by atoms with Crippen LogP contribution in [0.5, 0.6) is 0 Å². The fraction of sp³-hybridized carbons (Fsp3) is 0.500. The summed E-state index contributed by atoms with van der Waals surface area (Å²) in [6.45, 7) is 0. The van der Waals surface area contributed by atoms with E-state index in [0.29, 0.717) is 17.7 Å². The van der Waals surface area contributed by atoms with Crippen LogP contribution in [0.15, 0.2) is 18.2 Å². The number of carbonyl (C=O) groups is 1. The van der Waals surface area contributed by atoms with Gasteiger partial charge < -0.3 is 5.32 Å². The molecule has 0 atom stereocenters. The standard InChI is InChI=1S/C12H14N2O/c15-12(13-9-6-7-9)11-3-1-2-10(14-11)8-4-5-8/h1-3,8-9H,4-7H2,(H,13,15). The van der Waals surface area contributed by atoms with Crippen LogP contribution in [0.25, 0.3) is 0 Å². The number of hydrogen-bond donors (Lipinski definition) is 1. The van der Waals surface area contributed by atoms with Gasteiger partial charge in [-0.3, -0.25) is 4.79 Å². The lowest BCUT2D eigenvalue weighted by Gasteiger charge is -2.04. The SMILES string of the molecule is O=C(NC1CC1)c1cccc(C2CC2)n1. The van der Waals surface area contributed by atoms with Crippen LogP contribution in [0.3, 0.4) is 0 Å². The van der Waals surface area contributed by atoms with Crippen molar-refractivity contribution in [1.29, 1.82) is 0 Å². The summed E-state index contributed by atoms with van der Waals surface area (Å²) in [5.74, 6) is 0.596. The van der Waals surface area contributed by atoms with Gasteiger partial charge in [0.1, 0.15) is 5.69 Å². The van der Waals surface area contributed by atoms with Gasteiger partial charge in [0, 0.05) is 17.7 Å². The number of pyridine rings is 1. The average Bonchev–Trinajstić information content (AvgIpc) is 3.12. The quantitative estimate of drug-likeness (QED) is 0.812. The molecule has 2 aliphatic carbocycles. The highest BCUT2D eigenvalue weighted by molar-refractivity contribution is 5.92. The monoisotopic (exact) mass is 202 g/mol. The van der Waals surface area contributed by atoms with E-state index >= 15 is 0 Å². The van der Waals surface area contributed by atoms with Gasteiger partial charge in [-0.1, -0.05) is 6.07 Å². The summed E-state index contributed by atoms with van der Waals surface area (Å²) in [5.41, 5.74) is 1.66. The lowest BCUT2D eigenvalue weighted by Crippen LogP contribution is -2.26. The molecule has 3 heteroatoms. The first-order chi connectivity index (χ1) is 7.33. The van der Waals surface area contributed by atoms with Gasteiger partial charge in [-0.2, -0.15) is 0 Å². The van der Waals surface area contributed by atoms with Crippen molar-refractivity contribution in [2.45, 2.75) is 37.6 Å². The van der Waals surface area contributed by atoms with Crippen LogP contribution in [0, 0.1) is 0 Å². The second-order valence-corrected chi connectivity index (χ2v) is 4.47. The van der Waals surface area contributed by atoms with Crippen molar-refractivity contribution in [1.82, 2.24) is 10.3 Å². The van der Waals surface area contributed by atoms with Gasteiger partial charge in [0.2, 0.25) is 0 Å². The van der Waals surface area contributed by atoms with Crippen molar-refractivity contribution < 1.29 is 4.79 Å². The number of hydrogen-bond acceptors (Lipinski definition) is 2. The average molecular weight is 202 g/mol. The van der Waals surface area contributed by atoms with Crippen LogP contribution in [0.1, 0.15) is 47.8 Å². The molecule has 0 spiro atoms. The van der Waals surface area contributed by atoms with Gasteiger partial charge in [0.05, 0.1) is 0 Å². The van der Waals surface area contributed by atoms with Crippen molar-refractivity contribution in [2.24, 2.45) is 0 Å². The Labute approximate surface area is 88.9 Å². The zero-order valence-corrected chi connectivity index (χ0v) is 8.57. The summed E-state index contributed by atoms with van der Waals surface area (Å²) in [4.78, 5) is 16.1. The molecule has 0 aromatic carbocycles. The Bertz CT molecular complexity index is 394. The molecule has 0 radical (unpaired) electrons. The predicted molar refractivity (Wildman–Crippen MR) is 56.7 cm³/mol. The van der Waals surface area contributed by atoms with Gasteiger partial charge in [0.15, 0.2) is 0 Å². The largest absolute Gasteiger partial charge is 0.348 e. The highest BCUT2D eigenvalue weighted by Crippen LogP contribution is 2.38.